The molecule has 2 unspecified atom stereocenters. The third-order valence-corrected chi connectivity index (χ3v) is 7.23. The van der Waals surface area contributed by atoms with Crippen LogP contribution in [0.4, 0.5) is 5.69 Å². The van der Waals surface area contributed by atoms with Crippen LogP contribution in [0.15, 0.2) is 67.2 Å². The molecule has 3 aromatic carbocycles. The van der Waals surface area contributed by atoms with Crippen molar-refractivity contribution < 1.29 is 4.79 Å². The highest BCUT2D eigenvalue weighted by atomic mass is 16.1. The highest BCUT2D eigenvalue weighted by molar-refractivity contribution is 6.00. The molecule has 3 nitrogen and oxygen atoms in total. The van der Waals surface area contributed by atoms with E-state index >= 15 is 0 Å². The maximum absolute atomic E-state index is 11.7. The Kier molecular flexibility index (Phi) is 4.43. The van der Waals surface area contributed by atoms with E-state index in [1.54, 1.807) is 6.92 Å². The predicted octanol–water partition coefficient (Wildman–Crippen LogP) is 5.08. The van der Waals surface area contributed by atoms with Crippen LogP contribution in [-0.2, 0) is 16.6 Å². The van der Waals surface area contributed by atoms with Gasteiger partial charge in [0.1, 0.15) is 0 Å². The molecule has 0 saturated carbocycles. The number of anilines is 1. The van der Waals surface area contributed by atoms with Crippen LogP contribution in [0.1, 0.15) is 36.5 Å². The number of aryl methyl sites for hydroxylation is 1. The Balaban J connectivity index is 1.75. The summed E-state index contributed by atoms with van der Waals surface area (Å²) in [5.41, 5.74) is 6.29. The van der Waals surface area contributed by atoms with Gasteiger partial charge in [0.05, 0.1) is 0 Å². The Morgan fingerprint density at radius 2 is 1.90 bits per heavy atom. The smallest absolute Gasteiger partial charge is 0.216 e. The van der Waals surface area contributed by atoms with Crippen LogP contribution in [0, 0.1) is 0 Å². The highest BCUT2D eigenvalue weighted by Crippen LogP contribution is 2.57. The number of nitrogens with one attached hydrogen (secondary N) is 1. The van der Waals surface area contributed by atoms with E-state index in [-0.39, 0.29) is 11.3 Å². The summed E-state index contributed by atoms with van der Waals surface area (Å²) in [6.07, 6.45) is 2.95. The van der Waals surface area contributed by atoms with Crippen molar-refractivity contribution >= 4 is 27.9 Å². The molecule has 1 aliphatic carbocycles. The predicted molar refractivity (Wildman–Crippen MR) is 125 cm³/mol. The fraction of sp³-hybridized carbons (Fsp3) is 0.296. The van der Waals surface area contributed by atoms with Gasteiger partial charge in [-0.25, -0.2) is 0 Å². The molecule has 3 aromatic rings. The molecule has 152 valence electrons. The second-order valence-corrected chi connectivity index (χ2v) is 8.69. The fourth-order valence-electron chi connectivity index (χ4n) is 5.92. The molecule has 30 heavy (non-hydrogen) atoms. The van der Waals surface area contributed by atoms with E-state index in [4.69, 9.17) is 6.58 Å². The van der Waals surface area contributed by atoms with Gasteiger partial charge in [0.15, 0.2) is 0 Å². The monoisotopic (exact) mass is 396 g/mol. The van der Waals surface area contributed by atoms with Crippen LogP contribution in [-0.4, -0.2) is 25.5 Å². The maximum atomic E-state index is 11.7. The Morgan fingerprint density at radius 1 is 1.13 bits per heavy atom. The topological polar surface area (TPSA) is 32.3 Å². The number of likely N-dealkylation sites (N-methyl/N-ethyl adjacent to an activating group) is 1. The molecule has 1 aliphatic heterocycles. The van der Waals surface area contributed by atoms with Crippen molar-refractivity contribution in [2.24, 2.45) is 0 Å². The largest absolute Gasteiger partial charge is 0.370 e. The van der Waals surface area contributed by atoms with Gasteiger partial charge in [-0.15, -0.1) is 0 Å². The average Bonchev–Trinajstić information content (AvgIpc) is 2.92. The number of rotatable bonds is 3. The Bertz CT molecular complexity index is 1160. The van der Waals surface area contributed by atoms with Crippen LogP contribution in [0.25, 0.3) is 16.3 Å². The molecule has 0 bridgehead atoms. The third-order valence-electron chi connectivity index (χ3n) is 7.23. The van der Waals surface area contributed by atoms with Crippen LogP contribution >= 0.6 is 0 Å². The number of carbonyl (C=O) groups is 1. The third kappa shape index (κ3) is 2.61. The molecule has 5 rings (SSSR count). The Morgan fingerprint density at radius 3 is 2.73 bits per heavy atom. The van der Waals surface area contributed by atoms with Gasteiger partial charge in [0.2, 0.25) is 5.91 Å². The number of nitrogens with zero attached hydrogens (tertiary/aromatic N) is 1. The molecule has 2 aliphatic rings. The molecule has 0 radical (unpaired) electrons. The minimum atomic E-state index is -0.219. The van der Waals surface area contributed by atoms with Gasteiger partial charge in [-0.05, 0) is 46.9 Å². The zero-order chi connectivity index (χ0) is 20.9. The highest BCUT2D eigenvalue weighted by Gasteiger charge is 2.52. The lowest BCUT2D eigenvalue weighted by atomic mass is 9.67. The van der Waals surface area contributed by atoms with Gasteiger partial charge in [-0.1, -0.05) is 67.2 Å². The summed E-state index contributed by atoms with van der Waals surface area (Å²) in [6, 6.07) is 22.2. The van der Waals surface area contributed by atoms with E-state index in [1.165, 1.54) is 38.7 Å². The SMILES string of the molecule is C=C1c2ccccc2CCC2N(C)c3c(ccc4ccccc34)C12CCNC(C)=O. The van der Waals surface area contributed by atoms with Crippen molar-refractivity contribution in [3.05, 3.63) is 83.9 Å². The molecule has 3 heteroatoms. The van der Waals surface area contributed by atoms with Gasteiger partial charge < -0.3 is 10.2 Å². The summed E-state index contributed by atoms with van der Waals surface area (Å²) >= 11 is 0. The first-order chi connectivity index (χ1) is 14.5. The summed E-state index contributed by atoms with van der Waals surface area (Å²) in [6.45, 7) is 6.94. The van der Waals surface area contributed by atoms with Crippen LogP contribution in [0.5, 0.6) is 0 Å². The van der Waals surface area contributed by atoms with Crippen molar-refractivity contribution in [1.29, 1.82) is 0 Å². The molecule has 0 saturated heterocycles. The first-order valence-corrected chi connectivity index (χ1v) is 10.8. The number of benzene rings is 3. The van der Waals surface area contributed by atoms with Crippen LogP contribution in [0.2, 0.25) is 0 Å². The van der Waals surface area contributed by atoms with Gasteiger partial charge in [0.25, 0.3) is 0 Å². The van der Waals surface area contributed by atoms with Crippen LogP contribution in [0.3, 0.4) is 0 Å². The number of hydrogen-bond donors (Lipinski definition) is 1. The van der Waals surface area contributed by atoms with Gasteiger partial charge in [-0.3, -0.25) is 4.79 Å². The summed E-state index contributed by atoms with van der Waals surface area (Å²) in [5, 5.41) is 5.61. The van der Waals surface area contributed by atoms with Crippen molar-refractivity contribution in [3.8, 4) is 0 Å². The molecular formula is C27H28N2O. The summed E-state index contributed by atoms with van der Waals surface area (Å²) in [7, 11) is 2.24. The molecule has 1 heterocycles. The van der Waals surface area contributed by atoms with E-state index in [9.17, 15) is 4.79 Å². The number of amides is 1. The summed E-state index contributed by atoms with van der Waals surface area (Å²) in [4.78, 5) is 14.2. The van der Waals surface area contributed by atoms with Gasteiger partial charge in [-0.2, -0.15) is 0 Å². The first-order valence-electron chi connectivity index (χ1n) is 10.8. The van der Waals surface area contributed by atoms with Crippen molar-refractivity contribution in [1.82, 2.24) is 5.32 Å². The molecule has 0 spiro atoms. The minimum Gasteiger partial charge on any atom is -0.370 e. The lowest BCUT2D eigenvalue weighted by Gasteiger charge is -2.39. The Hall–Kier alpha value is -3.07. The quantitative estimate of drug-likeness (QED) is 0.669. The van der Waals surface area contributed by atoms with E-state index in [1.807, 2.05) is 0 Å². The molecule has 2 atom stereocenters. The Labute approximate surface area is 178 Å². The van der Waals surface area contributed by atoms with E-state index in [2.05, 4.69) is 77.9 Å². The lowest BCUT2D eigenvalue weighted by molar-refractivity contribution is -0.119. The number of fused-ring (bicyclic) bond motifs is 6. The number of carbonyl (C=O) groups excluding carboxylic acids is 1. The fourth-order valence-corrected chi connectivity index (χ4v) is 5.92. The molecule has 1 amide bonds. The molecular weight excluding hydrogens is 368 g/mol. The zero-order valence-corrected chi connectivity index (χ0v) is 17.7. The van der Waals surface area contributed by atoms with Crippen molar-refractivity contribution in [3.63, 3.8) is 0 Å². The number of hydrogen-bond acceptors (Lipinski definition) is 2. The van der Waals surface area contributed by atoms with Gasteiger partial charge in [0, 0.05) is 43.0 Å². The molecule has 0 fully saturated rings. The molecule has 0 aromatic heterocycles. The summed E-state index contributed by atoms with van der Waals surface area (Å²) < 4.78 is 0. The first kappa shape index (κ1) is 18.9. The van der Waals surface area contributed by atoms with E-state index in [0.29, 0.717) is 12.6 Å². The molecule has 1 N–H and O–H groups in total. The zero-order valence-electron chi connectivity index (χ0n) is 17.7. The normalized spacial score (nSPS) is 22.3. The van der Waals surface area contributed by atoms with E-state index < -0.39 is 0 Å². The van der Waals surface area contributed by atoms with Gasteiger partial charge >= 0.3 is 0 Å². The standard InChI is InChI=1S/C27H28N2O/c1-18-22-10-6-4-8-20(22)13-15-25-27(18,16-17-28-19(2)30)24-14-12-21-9-5-7-11-23(21)26(24)29(25)3/h4-12,14,25H,1,13,15-17H2,2-3H3,(H,28,30). The van der Waals surface area contributed by atoms with E-state index in [0.717, 1.165) is 19.3 Å². The van der Waals surface area contributed by atoms with Crippen molar-refractivity contribution in [2.45, 2.75) is 37.6 Å². The minimum absolute atomic E-state index is 0.0210. The second-order valence-electron chi connectivity index (χ2n) is 8.69. The second kappa shape index (κ2) is 7.02. The van der Waals surface area contributed by atoms with Crippen LogP contribution < -0.4 is 10.2 Å². The maximum Gasteiger partial charge on any atom is 0.216 e. The average molecular weight is 397 g/mol. The van der Waals surface area contributed by atoms with Crippen molar-refractivity contribution in [2.75, 3.05) is 18.5 Å². The lowest BCUT2D eigenvalue weighted by Crippen LogP contribution is -2.45. The summed E-state index contributed by atoms with van der Waals surface area (Å²) in [5.74, 6) is 0.0210.